The van der Waals surface area contributed by atoms with E-state index in [2.05, 4.69) is 47.2 Å². The van der Waals surface area contributed by atoms with E-state index in [0.29, 0.717) is 6.61 Å². The van der Waals surface area contributed by atoms with Gasteiger partial charge in [-0.05, 0) is 81.0 Å². The van der Waals surface area contributed by atoms with E-state index in [0.717, 1.165) is 66.8 Å². The van der Waals surface area contributed by atoms with Gasteiger partial charge in [0, 0.05) is 30.4 Å². The lowest BCUT2D eigenvalue weighted by Crippen LogP contribution is -2.38. The first-order valence-electron chi connectivity index (χ1n) is 12.0. The zero-order valence-corrected chi connectivity index (χ0v) is 20.0. The summed E-state index contributed by atoms with van der Waals surface area (Å²) in [4.78, 5) is 28.1. The van der Waals surface area contributed by atoms with Crippen LogP contribution in [0, 0.1) is 32.1 Å². The fraction of sp³-hybridized carbons (Fsp3) is 0.538. The Kier molecular flexibility index (Phi) is 5.69. The van der Waals surface area contributed by atoms with Crippen molar-refractivity contribution in [3.63, 3.8) is 0 Å². The standard InChI is InChI=1S/C26H33N5O2/c1-17-13-20(16-30-24(17)28-19(3)29-30)14-26(4)10-7-21(8-11-26)25(32)31-23(9-12-33-31)22-6-5-18(2)27-15-22/h5-6,13,15-16,21,23H,7-12,14H2,1-4H3. The van der Waals surface area contributed by atoms with Crippen LogP contribution in [0.4, 0.5) is 0 Å². The molecule has 0 radical (unpaired) electrons. The molecule has 1 unspecified atom stereocenters. The minimum Gasteiger partial charge on any atom is -0.272 e. The maximum absolute atomic E-state index is 13.4. The van der Waals surface area contributed by atoms with Gasteiger partial charge in [-0.2, -0.15) is 5.10 Å². The normalized spacial score (nSPS) is 25.6. The van der Waals surface area contributed by atoms with Crippen LogP contribution < -0.4 is 0 Å². The van der Waals surface area contributed by atoms with Crippen molar-refractivity contribution in [2.75, 3.05) is 6.61 Å². The number of fused-ring (bicyclic) bond motifs is 1. The molecular formula is C26H33N5O2. The Balaban J connectivity index is 1.24. The minimum atomic E-state index is -0.0280. The molecule has 1 saturated carbocycles. The summed E-state index contributed by atoms with van der Waals surface area (Å²) < 4.78 is 1.91. The molecule has 1 aliphatic heterocycles. The number of carbonyl (C=O) groups is 1. The van der Waals surface area contributed by atoms with E-state index in [1.54, 1.807) is 5.06 Å². The molecule has 3 aromatic heterocycles. The van der Waals surface area contributed by atoms with Crippen LogP contribution in [0.5, 0.6) is 0 Å². The van der Waals surface area contributed by atoms with E-state index >= 15 is 0 Å². The maximum atomic E-state index is 13.4. The van der Waals surface area contributed by atoms with Crippen molar-refractivity contribution in [2.45, 2.75) is 72.3 Å². The van der Waals surface area contributed by atoms with Crippen molar-refractivity contribution in [3.05, 3.63) is 58.8 Å². The highest BCUT2D eigenvalue weighted by Gasteiger charge is 2.40. The molecule has 0 aromatic carbocycles. The maximum Gasteiger partial charge on any atom is 0.249 e. The zero-order chi connectivity index (χ0) is 23.2. The van der Waals surface area contributed by atoms with Gasteiger partial charge in [-0.3, -0.25) is 14.6 Å². The van der Waals surface area contributed by atoms with Crippen LogP contribution in [0.25, 0.3) is 5.65 Å². The topological polar surface area (TPSA) is 72.6 Å². The highest BCUT2D eigenvalue weighted by molar-refractivity contribution is 5.78. The van der Waals surface area contributed by atoms with Crippen LogP contribution in [0.2, 0.25) is 0 Å². The average Bonchev–Trinajstić information content (AvgIpc) is 3.41. The molecular weight excluding hydrogens is 414 g/mol. The van der Waals surface area contributed by atoms with Gasteiger partial charge < -0.3 is 0 Å². The van der Waals surface area contributed by atoms with Gasteiger partial charge in [-0.25, -0.2) is 14.6 Å². The van der Waals surface area contributed by atoms with E-state index < -0.39 is 0 Å². The zero-order valence-electron chi connectivity index (χ0n) is 20.0. The number of hydrogen-bond donors (Lipinski definition) is 0. The molecule has 3 aromatic rings. The van der Waals surface area contributed by atoms with Crippen molar-refractivity contribution in [1.29, 1.82) is 0 Å². The van der Waals surface area contributed by atoms with E-state index in [4.69, 9.17) is 4.84 Å². The summed E-state index contributed by atoms with van der Waals surface area (Å²) in [6.07, 6.45) is 9.66. The second kappa shape index (κ2) is 8.52. The minimum absolute atomic E-state index is 0.0271. The highest BCUT2D eigenvalue weighted by atomic mass is 16.7. The van der Waals surface area contributed by atoms with E-state index in [1.165, 1.54) is 5.56 Å². The summed E-state index contributed by atoms with van der Waals surface area (Å²) in [5.41, 5.74) is 5.59. The van der Waals surface area contributed by atoms with Gasteiger partial charge in [0.25, 0.3) is 0 Å². The van der Waals surface area contributed by atoms with E-state index in [1.807, 2.05) is 30.6 Å². The first-order valence-corrected chi connectivity index (χ1v) is 12.0. The molecule has 2 fully saturated rings. The third-order valence-corrected chi connectivity index (χ3v) is 7.39. The fourth-order valence-corrected chi connectivity index (χ4v) is 5.50. The van der Waals surface area contributed by atoms with Crippen LogP contribution in [0.15, 0.2) is 30.6 Å². The molecule has 1 saturated heterocycles. The van der Waals surface area contributed by atoms with Crippen molar-refractivity contribution in [1.82, 2.24) is 24.6 Å². The summed E-state index contributed by atoms with van der Waals surface area (Å²) in [5, 5.41) is 6.15. The van der Waals surface area contributed by atoms with Gasteiger partial charge >= 0.3 is 0 Å². The Morgan fingerprint density at radius 2 is 1.97 bits per heavy atom. The SMILES string of the molecule is Cc1ccc(C2CCON2C(=O)C2CCC(C)(Cc3cc(C)c4nc(C)nn4c3)CC2)cn1. The molecule has 174 valence electrons. The van der Waals surface area contributed by atoms with Crippen molar-refractivity contribution in [3.8, 4) is 0 Å². The number of hydrogen-bond acceptors (Lipinski definition) is 5. The molecule has 0 N–H and O–H groups in total. The summed E-state index contributed by atoms with van der Waals surface area (Å²) in [6, 6.07) is 6.28. The molecule has 2 aliphatic rings. The van der Waals surface area contributed by atoms with Crippen LogP contribution in [0.3, 0.4) is 0 Å². The lowest BCUT2D eigenvalue weighted by molar-refractivity contribution is -0.183. The average molecular weight is 448 g/mol. The Bertz CT molecular complexity index is 1160. The Morgan fingerprint density at radius 1 is 1.18 bits per heavy atom. The van der Waals surface area contributed by atoms with Crippen LogP contribution in [-0.2, 0) is 16.1 Å². The van der Waals surface area contributed by atoms with Gasteiger partial charge in [-0.1, -0.05) is 19.1 Å². The van der Waals surface area contributed by atoms with Crippen LogP contribution in [-0.4, -0.2) is 37.2 Å². The Labute approximate surface area is 195 Å². The number of hydroxylamine groups is 2. The number of rotatable bonds is 4. The third kappa shape index (κ3) is 4.38. The second-order valence-electron chi connectivity index (χ2n) is 10.3. The molecule has 0 spiro atoms. The molecule has 1 amide bonds. The Hall–Kier alpha value is -2.80. The number of amides is 1. The molecule has 7 nitrogen and oxygen atoms in total. The number of carbonyl (C=O) groups excluding carboxylic acids is 1. The quantitative estimate of drug-likeness (QED) is 0.580. The predicted octanol–water partition coefficient (Wildman–Crippen LogP) is 4.69. The molecule has 7 heteroatoms. The third-order valence-electron chi connectivity index (χ3n) is 7.39. The second-order valence-corrected chi connectivity index (χ2v) is 10.3. The van der Waals surface area contributed by atoms with Crippen molar-refractivity contribution < 1.29 is 9.63 Å². The summed E-state index contributed by atoms with van der Waals surface area (Å²) in [6.45, 7) is 8.94. The van der Waals surface area contributed by atoms with Crippen molar-refractivity contribution >= 4 is 11.6 Å². The molecule has 4 heterocycles. The lowest BCUT2D eigenvalue weighted by atomic mass is 9.68. The van der Waals surface area contributed by atoms with Crippen LogP contribution in [0.1, 0.15) is 73.3 Å². The van der Waals surface area contributed by atoms with Gasteiger partial charge in [0.1, 0.15) is 5.82 Å². The molecule has 33 heavy (non-hydrogen) atoms. The molecule has 1 aliphatic carbocycles. The van der Waals surface area contributed by atoms with Gasteiger partial charge in [0.15, 0.2) is 5.65 Å². The smallest absolute Gasteiger partial charge is 0.249 e. The van der Waals surface area contributed by atoms with Crippen molar-refractivity contribution in [2.24, 2.45) is 11.3 Å². The summed E-state index contributed by atoms with van der Waals surface area (Å²) in [7, 11) is 0. The van der Waals surface area contributed by atoms with Gasteiger partial charge in [0.2, 0.25) is 5.91 Å². The van der Waals surface area contributed by atoms with Crippen LogP contribution >= 0.6 is 0 Å². The largest absolute Gasteiger partial charge is 0.272 e. The number of aromatic nitrogens is 4. The first kappa shape index (κ1) is 22.0. The number of aryl methyl sites for hydroxylation is 3. The fourth-order valence-electron chi connectivity index (χ4n) is 5.50. The van der Waals surface area contributed by atoms with Gasteiger partial charge in [-0.15, -0.1) is 0 Å². The van der Waals surface area contributed by atoms with E-state index in [-0.39, 0.29) is 23.3 Å². The number of nitrogens with zero attached hydrogens (tertiary/aromatic N) is 5. The van der Waals surface area contributed by atoms with Gasteiger partial charge in [0.05, 0.1) is 12.6 Å². The van der Waals surface area contributed by atoms with E-state index in [9.17, 15) is 4.79 Å². The number of pyridine rings is 2. The summed E-state index contributed by atoms with van der Waals surface area (Å²) in [5.74, 6) is 0.957. The monoisotopic (exact) mass is 447 g/mol. The Morgan fingerprint density at radius 3 is 2.70 bits per heavy atom. The molecule has 0 bridgehead atoms. The molecule has 1 atom stereocenters. The molecule has 5 rings (SSSR count). The first-order chi connectivity index (χ1) is 15.8. The predicted molar refractivity (Wildman–Crippen MR) is 125 cm³/mol. The highest BCUT2D eigenvalue weighted by Crippen LogP contribution is 2.43. The lowest BCUT2D eigenvalue weighted by Gasteiger charge is -2.38. The summed E-state index contributed by atoms with van der Waals surface area (Å²) >= 11 is 0.